The van der Waals surface area contributed by atoms with Crippen molar-refractivity contribution in [3.8, 4) is 12.1 Å². The number of rotatable bonds is 21. The fourth-order valence-corrected chi connectivity index (χ4v) is 9.73. The van der Waals surface area contributed by atoms with Gasteiger partial charge in [0.2, 0.25) is 0 Å². The van der Waals surface area contributed by atoms with E-state index in [1.54, 1.807) is 60.7 Å². The average molecular weight is 989 g/mol. The normalized spacial score (nSPS) is 23.5. The fraction of sp³-hybridized carbons (Fsp3) is 0.341. The smallest absolute Gasteiger partial charge is 0.347 e. The molecule has 2 aliphatic rings. The SMILES string of the molecule is C=NC[C@H]1O[C@@H](n2cnc3c(NC(=O)c4ccccc4)ncnc32)[C@H](F)[C@@H]1OP(=O)(NC[C@H]1O[C@@H](n2cnc3c(NC(=O)c4ccccc4)ncnc32)[C@H](F)[C@@H]1O[PH](=O)OCCC#N)OCCC#N. The lowest BCUT2D eigenvalue weighted by atomic mass is 10.1. The highest BCUT2D eigenvalue weighted by atomic mass is 31.2. The first-order chi connectivity index (χ1) is 33.5. The monoisotopic (exact) mass is 988 g/mol. The Labute approximate surface area is 390 Å². The molecule has 2 fully saturated rings. The number of hydrogen-bond acceptors (Lipinski definition) is 19. The Morgan fingerprint density at radius 1 is 0.783 bits per heavy atom. The van der Waals surface area contributed by atoms with Gasteiger partial charge in [-0.25, -0.2) is 48.3 Å². The Hall–Kier alpha value is -6.83. The van der Waals surface area contributed by atoms with Crippen LogP contribution in [0.25, 0.3) is 22.3 Å². The zero-order valence-corrected chi connectivity index (χ0v) is 37.8. The van der Waals surface area contributed by atoms with Crippen molar-refractivity contribution in [1.29, 1.82) is 10.5 Å². The van der Waals surface area contributed by atoms with E-state index in [-0.39, 0.29) is 60.0 Å². The van der Waals surface area contributed by atoms with Crippen LogP contribution in [0, 0.1) is 22.7 Å². The molecule has 358 valence electrons. The maximum absolute atomic E-state index is 16.9. The maximum atomic E-state index is 16.9. The lowest BCUT2D eigenvalue weighted by Gasteiger charge is -2.27. The zero-order valence-electron chi connectivity index (χ0n) is 35.9. The number of fused-ring (bicyclic) bond motifs is 2. The minimum Gasteiger partial charge on any atom is -0.347 e. The molecule has 2 unspecified atom stereocenters. The number of benzene rings is 2. The maximum Gasteiger partial charge on any atom is 0.406 e. The van der Waals surface area contributed by atoms with Crippen molar-refractivity contribution in [2.45, 2.75) is 62.1 Å². The summed E-state index contributed by atoms with van der Waals surface area (Å²) in [6.07, 6.45) is -9.45. The molecule has 2 aromatic carbocycles. The topological polar surface area (TPSA) is 307 Å². The van der Waals surface area contributed by atoms with Crippen molar-refractivity contribution >= 4 is 68.5 Å². The fourth-order valence-electron chi connectivity index (χ4n) is 7.35. The molecular formula is C41H40F2N14O10P2. The molecule has 3 N–H and O–H groups in total. The van der Waals surface area contributed by atoms with Gasteiger partial charge in [-0.15, -0.1) is 0 Å². The minimum absolute atomic E-state index is 0.00332. The largest absolute Gasteiger partial charge is 0.406 e. The molecule has 0 radical (unpaired) electrons. The molecule has 69 heavy (non-hydrogen) atoms. The molecule has 0 spiro atoms. The first-order valence-electron chi connectivity index (χ1n) is 20.9. The van der Waals surface area contributed by atoms with Gasteiger partial charge in [-0.2, -0.15) is 10.5 Å². The molecule has 24 nitrogen and oxygen atoms in total. The van der Waals surface area contributed by atoms with Gasteiger partial charge in [-0.1, -0.05) is 36.4 Å². The van der Waals surface area contributed by atoms with Gasteiger partial charge in [0.1, 0.15) is 37.1 Å². The van der Waals surface area contributed by atoms with Gasteiger partial charge in [-0.05, 0) is 31.0 Å². The zero-order chi connectivity index (χ0) is 48.5. The lowest BCUT2D eigenvalue weighted by Crippen LogP contribution is -2.39. The van der Waals surface area contributed by atoms with E-state index in [0.29, 0.717) is 11.1 Å². The van der Waals surface area contributed by atoms with Crippen LogP contribution in [0.5, 0.6) is 0 Å². The molecule has 6 aromatic rings. The van der Waals surface area contributed by atoms with Crippen LogP contribution in [-0.2, 0) is 36.7 Å². The van der Waals surface area contributed by atoms with Gasteiger partial charge in [0.05, 0.1) is 57.4 Å². The number of aliphatic imine (C=N–C) groups is 1. The first-order valence-corrected chi connectivity index (χ1v) is 23.6. The van der Waals surface area contributed by atoms with E-state index in [1.807, 2.05) is 12.1 Å². The number of imidazole rings is 2. The van der Waals surface area contributed by atoms with Crippen LogP contribution in [0.3, 0.4) is 0 Å². The molecule has 6 heterocycles. The van der Waals surface area contributed by atoms with Gasteiger partial charge in [0.25, 0.3) is 11.8 Å². The third-order valence-corrected chi connectivity index (χ3v) is 13.1. The van der Waals surface area contributed by atoms with Gasteiger partial charge >= 0.3 is 16.0 Å². The number of amides is 2. The summed E-state index contributed by atoms with van der Waals surface area (Å²) in [6, 6.07) is 20.3. The van der Waals surface area contributed by atoms with E-state index >= 15 is 8.78 Å². The van der Waals surface area contributed by atoms with Gasteiger partial charge in [0, 0.05) is 17.7 Å². The Kier molecular flexibility index (Phi) is 15.6. The molecule has 8 rings (SSSR count). The van der Waals surface area contributed by atoms with Crippen LogP contribution >= 0.6 is 16.0 Å². The quantitative estimate of drug-likeness (QED) is 0.0482. The minimum atomic E-state index is -4.78. The highest BCUT2D eigenvalue weighted by Gasteiger charge is 2.52. The first kappa shape index (κ1) is 48.6. The summed E-state index contributed by atoms with van der Waals surface area (Å²) < 4.78 is 98.1. The summed E-state index contributed by atoms with van der Waals surface area (Å²) in [5, 5.41) is 26.1. The lowest BCUT2D eigenvalue weighted by molar-refractivity contribution is -0.0212. The highest BCUT2D eigenvalue weighted by Crippen LogP contribution is 2.51. The number of nitriles is 2. The van der Waals surface area contributed by atoms with Gasteiger partial charge < -0.3 is 29.2 Å². The van der Waals surface area contributed by atoms with Crippen LogP contribution in [0.1, 0.15) is 46.0 Å². The Balaban J connectivity index is 1.03. The Morgan fingerprint density at radius 2 is 1.30 bits per heavy atom. The molecule has 0 aliphatic carbocycles. The van der Waals surface area contributed by atoms with Crippen molar-refractivity contribution < 1.29 is 55.1 Å². The Bertz CT molecular complexity index is 2960. The molecule has 0 saturated carbocycles. The van der Waals surface area contributed by atoms with Crippen LogP contribution < -0.4 is 15.7 Å². The number of halogens is 2. The summed E-state index contributed by atoms with van der Waals surface area (Å²) in [7, 11) is -8.27. The number of aromatic nitrogens is 8. The molecular weight excluding hydrogens is 948 g/mol. The second-order valence-corrected chi connectivity index (χ2v) is 17.7. The number of anilines is 2. The standard InChI is InChI=1S/C41H40F2N14O10P2/c1-46-18-26-33(29(43)41(64-26)57-23-52-31-35(48-21-50-37(31)57)55-39(59)25-12-6-3-7-13-25)67-69(61,63-17-9-15-45)53-19-27-32(66-68(60)62-16-8-14-44)28(42)40(65-27)56-22-51-30-34(47-20-49-36(30)56)54-38(58)24-10-4-2-5-11-24/h2-7,10-13,20-23,26-29,32-33,40-41,68H,1,8-9,16-19H2,(H,53,61)(H,47,49,54,58)(H,48,50,55,59)/t26-,27-,28-,29-,32-,33-,40-,41-,69?/m1/s1. The molecule has 2 aliphatic heterocycles. The van der Waals surface area contributed by atoms with Crippen LogP contribution in [-0.4, -0.2) is 121 Å². The van der Waals surface area contributed by atoms with Crippen molar-refractivity contribution in [1.82, 2.24) is 44.1 Å². The van der Waals surface area contributed by atoms with Crippen LogP contribution in [0.2, 0.25) is 0 Å². The Morgan fingerprint density at radius 3 is 1.84 bits per heavy atom. The summed E-state index contributed by atoms with van der Waals surface area (Å²) in [5.41, 5.74) is 0.881. The summed E-state index contributed by atoms with van der Waals surface area (Å²) in [5.74, 6) is -0.975. The predicted molar refractivity (Wildman–Crippen MR) is 238 cm³/mol. The number of hydrogen-bond donors (Lipinski definition) is 3. The number of nitrogens with zero attached hydrogens (tertiary/aromatic N) is 11. The van der Waals surface area contributed by atoms with Crippen molar-refractivity contribution in [3.05, 3.63) is 97.1 Å². The van der Waals surface area contributed by atoms with Crippen molar-refractivity contribution in [2.75, 3.05) is 36.9 Å². The number of nitrogens with one attached hydrogen (secondary N) is 3. The number of ether oxygens (including phenoxy) is 2. The second kappa shape index (κ2) is 22.1. The van der Waals surface area contributed by atoms with E-state index in [4.69, 9.17) is 32.8 Å². The van der Waals surface area contributed by atoms with Crippen LogP contribution in [0.4, 0.5) is 20.4 Å². The summed E-state index contributed by atoms with van der Waals surface area (Å²) in [4.78, 5) is 55.1. The molecule has 10 atom stereocenters. The number of carbonyl (C=O) groups is 2. The van der Waals surface area contributed by atoms with Crippen molar-refractivity contribution in [2.24, 2.45) is 4.99 Å². The predicted octanol–water partition coefficient (Wildman–Crippen LogP) is 5.06. The third-order valence-electron chi connectivity index (χ3n) is 10.5. The number of alkyl halides is 2. The van der Waals surface area contributed by atoms with E-state index in [2.05, 4.69) is 57.3 Å². The van der Waals surface area contributed by atoms with Gasteiger partial charge in [-0.3, -0.25) is 37.3 Å². The molecule has 4 aromatic heterocycles. The van der Waals surface area contributed by atoms with E-state index in [9.17, 15) is 24.0 Å². The second-order valence-electron chi connectivity index (χ2n) is 14.9. The summed E-state index contributed by atoms with van der Waals surface area (Å²) >= 11 is 0. The summed E-state index contributed by atoms with van der Waals surface area (Å²) in [6.45, 7) is 1.79. The highest BCUT2D eigenvalue weighted by molar-refractivity contribution is 7.51. The van der Waals surface area contributed by atoms with E-state index < -0.39 is 90.2 Å². The number of carbonyl (C=O) groups excluding carboxylic acids is 2. The van der Waals surface area contributed by atoms with Crippen LogP contribution in [0.15, 0.2) is 91.0 Å². The average Bonchev–Trinajstić information content (AvgIpc) is 4.13. The molecule has 0 bridgehead atoms. The van der Waals surface area contributed by atoms with E-state index in [1.165, 1.54) is 21.8 Å². The third kappa shape index (κ3) is 10.9. The van der Waals surface area contributed by atoms with Crippen molar-refractivity contribution in [3.63, 3.8) is 0 Å². The molecule has 28 heteroatoms. The van der Waals surface area contributed by atoms with E-state index in [0.717, 1.165) is 12.7 Å². The molecule has 2 saturated heterocycles. The van der Waals surface area contributed by atoms with Gasteiger partial charge in [0.15, 0.2) is 58.8 Å². The molecule has 2 amide bonds.